The molecule has 0 aliphatic carbocycles. The van der Waals surface area contributed by atoms with E-state index < -0.39 is 9.04 Å². The van der Waals surface area contributed by atoms with Crippen molar-refractivity contribution in [1.82, 2.24) is 0 Å². The monoisotopic (exact) mass is 294 g/mol. The van der Waals surface area contributed by atoms with Crippen LogP contribution in [0.1, 0.15) is 38.3 Å². The highest BCUT2D eigenvalue weighted by Gasteiger charge is 2.17. The van der Waals surface area contributed by atoms with E-state index in [0.29, 0.717) is 12.8 Å². The van der Waals surface area contributed by atoms with Crippen molar-refractivity contribution in [2.24, 2.45) is 0 Å². The Morgan fingerprint density at radius 2 is 1.90 bits per heavy atom. The van der Waals surface area contributed by atoms with Crippen LogP contribution in [0.3, 0.4) is 0 Å². The molecule has 0 unspecified atom stereocenters. The summed E-state index contributed by atoms with van der Waals surface area (Å²) in [5.74, 6) is 0.751. The summed E-state index contributed by atoms with van der Waals surface area (Å²) in [4.78, 5) is 11.3. The SMILES string of the molecule is COC(=O)CCc1ccc(C(C)(C)C)cc1O[SiH](C)C. The second-order valence-corrected chi connectivity index (χ2v) is 8.65. The van der Waals surface area contributed by atoms with Crippen molar-refractivity contribution in [1.29, 1.82) is 0 Å². The highest BCUT2D eigenvalue weighted by Crippen LogP contribution is 2.29. The molecule has 112 valence electrons. The van der Waals surface area contributed by atoms with Gasteiger partial charge < -0.3 is 9.16 Å². The van der Waals surface area contributed by atoms with Crippen LogP contribution in [0.2, 0.25) is 13.1 Å². The third-order valence-corrected chi connectivity index (χ3v) is 3.85. The van der Waals surface area contributed by atoms with E-state index in [4.69, 9.17) is 9.16 Å². The fourth-order valence-corrected chi connectivity index (χ4v) is 2.66. The van der Waals surface area contributed by atoms with E-state index in [9.17, 15) is 4.79 Å². The molecule has 3 nitrogen and oxygen atoms in total. The van der Waals surface area contributed by atoms with Crippen LogP contribution in [-0.2, 0) is 21.4 Å². The number of hydrogen-bond donors (Lipinski definition) is 0. The minimum atomic E-state index is -1.17. The number of methoxy groups -OCH3 is 1. The van der Waals surface area contributed by atoms with Crippen LogP contribution in [0.4, 0.5) is 0 Å². The van der Waals surface area contributed by atoms with Crippen molar-refractivity contribution in [3.8, 4) is 5.75 Å². The number of carbonyl (C=O) groups excluding carboxylic acids is 1. The van der Waals surface area contributed by atoms with E-state index >= 15 is 0 Å². The standard InChI is InChI=1S/C16H26O3Si/c1-16(2,3)13-9-7-12(8-10-15(17)18-4)14(11-13)19-20(5)6/h7,9,11,20H,8,10H2,1-6H3. The van der Waals surface area contributed by atoms with E-state index in [1.54, 1.807) is 0 Å². The fraction of sp³-hybridized carbons (Fsp3) is 0.562. The molecule has 0 bridgehead atoms. The van der Waals surface area contributed by atoms with Crippen molar-refractivity contribution < 1.29 is 14.0 Å². The lowest BCUT2D eigenvalue weighted by atomic mass is 9.86. The molecule has 1 aromatic carbocycles. The first-order valence-corrected chi connectivity index (χ1v) is 9.89. The molecule has 0 saturated heterocycles. The van der Waals surface area contributed by atoms with Crippen LogP contribution in [0.15, 0.2) is 18.2 Å². The third kappa shape index (κ3) is 5.00. The van der Waals surface area contributed by atoms with Gasteiger partial charge in [0.05, 0.1) is 7.11 Å². The first kappa shape index (κ1) is 16.8. The number of rotatable bonds is 5. The van der Waals surface area contributed by atoms with Gasteiger partial charge in [-0.25, -0.2) is 0 Å². The van der Waals surface area contributed by atoms with E-state index in [1.165, 1.54) is 12.7 Å². The molecule has 20 heavy (non-hydrogen) atoms. The van der Waals surface area contributed by atoms with Crippen LogP contribution in [-0.4, -0.2) is 22.1 Å². The predicted octanol–water partition coefficient (Wildman–Crippen LogP) is 3.45. The van der Waals surface area contributed by atoms with E-state index in [1.807, 2.05) is 0 Å². The molecule has 0 radical (unpaired) electrons. The fourth-order valence-electron chi connectivity index (χ4n) is 1.93. The molecule has 0 N–H and O–H groups in total. The molecule has 0 amide bonds. The maximum atomic E-state index is 11.3. The van der Waals surface area contributed by atoms with Crippen molar-refractivity contribution in [3.05, 3.63) is 29.3 Å². The summed E-state index contributed by atoms with van der Waals surface area (Å²) in [5.41, 5.74) is 2.44. The lowest BCUT2D eigenvalue weighted by Crippen LogP contribution is -2.16. The molecule has 0 spiro atoms. The van der Waals surface area contributed by atoms with Gasteiger partial charge in [0, 0.05) is 6.42 Å². The van der Waals surface area contributed by atoms with Gasteiger partial charge >= 0.3 is 5.97 Å². The molecule has 0 heterocycles. The molecule has 4 heteroatoms. The first-order chi connectivity index (χ1) is 9.24. The number of benzene rings is 1. The molecule has 0 atom stereocenters. The third-order valence-electron chi connectivity index (χ3n) is 3.12. The number of esters is 1. The van der Waals surface area contributed by atoms with E-state index in [-0.39, 0.29) is 11.4 Å². The minimum absolute atomic E-state index is 0.0948. The van der Waals surface area contributed by atoms with Gasteiger partial charge in [-0.05, 0) is 42.1 Å². The van der Waals surface area contributed by atoms with Crippen LogP contribution in [0.5, 0.6) is 5.75 Å². The van der Waals surface area contributed by atoms with Crippen LogP contribution < -0.4 is 4.43 Å². The summed E-state index contributed by atoms with van der Waals surface area (Å²) in [6.45, 7) is 10.9. The quantitative estimate of drug-likeness (QED) is 0.616. The molecule has 0 fully saturated rings. The van der Waals surface area contributed by atoms with Crippen molar-refractivity contribution >= 4 is 15.0 Å². The number of carbonyl (C=O) groups is 1. The Morgan fingerprint density at radius 3 is 2.40 bits per heavy atom. The molecule has 0 aromatic heterocycles. The lowest BCUT2D eigenvalue weighted by molar-refractivity contribution is -0.140. The lowest BCUT2D eigenvalue weighted by Gasteiger charge is -2.22. The summed E-state index contributed by atoms with van der Waals surface area (Å²) in [7, 11) is 0.247. The maximum absolute atomic E-state index is 11.3. The average molecular weight is 294 g/mol. The molecular weight excluding hydrogens is 268 g/mol. The summed E-state index contributed by atoms with van der Waals surface area (Å²) in [6, 6.07) is 6.33. The largest absolute Gasteiger partial charge is 0.547 e. The van der Waals surface area contributed by atoms with E-state index in [2.05, 4.69) is 52.1 Å². The highest BCUT2D eigenvalue weighted by atomic mass is 28.3. The van der Waals surface area contributed by atoms with Gasteiger partial charge in [0.1, 0.15) is 5.75 Å². The van der Waals surface area contributed by atoms with Crippen molar-refractivity contribution in [2.45, 2.75) is 52.1 Å². The molecular formula is C16H26O3Si. The van der Waals surface area contributed by atoms with Crippen molar-refractivity contribution in [2.75, 3.05) is 7.11 Å². The summed E-state index contributed by atoms with van der Waals surface area (Å²) >= 11 is 0. The first-order valence-electron chi connectivity index (χ1n) is 7.11. The topological polar surface area (TPSA) is 35.5 Å². The normalized spacial score (nSPS) is 11.6. The molecule has 0 aliphatic heterocycles. The molecule has 1 aromatic rings. The zero-order valence-corrected chi connectivity index (χ0v) is 14.6. The van der Waals surface area contributed by atoms with Crippen molar-refractivity contribution in [3.63, 3.8) is 0 Å². The Kier molecular flexibility index (Phi) is 5.81. The Balaban J connectivity index is 3.00. The van der Waals surface area contributed by atoms with Crippen LogP contribution in [0, 0.1) is 0 Å². The minimum Gasteiger partial charge on any atom is -0.547 e. The predicted molar refractivity (Wildman–Crippen MR) is 85.0 cm³/mol. The molecule has 0 aliphatic rings. The second-order valence-electron chi connectivity index (χ2n) is 6.32. The smallest absolute Gasteiger partial charge is 0.305 e. The van der Waals surface area contributed by atoms with Gasteiger partial charge in [0.15, 0.2) is 0 Å². The Morgan fingerprint density at radius 1 is 1.25 bits per heavy atom. The Labute approximate surface area is 124 Å². The second kappa shape index (κ2) is 6.93. The van der Waals surface area contributed by atoms with Gasteiger partial charge in [0.25, 0.3) is 0 Å². The molecule has 0 saturated carbocycles. The highest BCUT2D eigenvalue weighted by molar-refractivity contribution is 6.49. The van der Waals surface area contributed by atoms with E-state index in [0.717, 1.165) is 11.3 Å². The van der Waals surface area contributed by atoms with Gasteiger partial charge in [-0.1, -0.05) is 32.9 Å². The maximum Gasteiger partial charge on any atom is 0.305 e. The zero-order valence-electron chi connectivity index (χ0n) is 13.4. The number of aryl methyl sites for hydroxylation is 1. The van der Waals surface area contributed by atoms with Crippen LogP contribution in [0.25, 0.3) is 0 Å². The summed E-state index contributed by atoms with van der Waals surface area (Å²) in [5, 5.41) is 0. The Hall–Kier alpha value is -1.29. The van der Waals surface area contributed by atoms with Crippen LogP contribution >= 0.6 is 0 Å². The number of hydrogen-bond acceptors (Lipinski definition) is 3. The number of ether oxygens (including phenoxy) is 1. The van der Waals surface area contributed by atoms with Gasteiger partial charge in [-0.3, -0.25) is 4.79 Å². The summed E-state index contributed by atoms with van der Waals surface area (Å²) < 4.78 is 10.7. The van der Waals surface area contributed by atoms with Gasteiger partial charge in [0.2, 0.25) is 9.04 Å². The average Bonchev–Trinajstić information content (AvgIpc) is 2.34. The van der Waals surface area contributed by atoms with Gasteiger partial charge in [-0.2, -0.15) is 0 Å². The molecule has 1 rings (SSSR count). The summed E-state index contributed by atoms with van der Waals surface area (Å²) in [6.07, 6.45) is 1.05. The zero-order chi connectivity index (χ0) is 15.3. The Bertz CT molecular complexity index is 461. The van der Waals surface area contributed by atoms with Gasteiger partial charge in [-0.15, -0.1) is 0 Å².